The molecule has 0 unspecified atom stereocenters. The third kappa shape index (κ3) is 7.82. The Hall–Kier alpha value is -3.85. The molecular formula is C29H35N3O5S. The Morgan fingerprint density at radius 2 is 1.61 bits per heavy atom. The summed E-state index contributed by atoms with van der Waals surface area (Å²) in [7, 11) is -2.29. The van der Waals surface area contributed by atoms with Gasteiger partial charge in [0.1, 0.15) is 18.3 Å². The standard InChI is InChI=1S/C29H35N3O5S/c1-5-37-26-16-14-25(15-17-26)32(38(4,35)36)21-28(33)31(20-24-13-9-10-22(2)18-24)27(29(34)30-3)19-23-11-7-6-8-12-23/h6-18,27H,5,19-21H2,1-4H3,(H,30,34)/t27-/m0/s1. The van der Waals surface area contributed by atoms with Crippen molar-refractivity contribution in [2.24, 2.45) is 0 Å². The smallest absolute Gasteiger partial charge is 0.244 e. The first-order chi connectivity index (χ1) is 18.1. The number of hydrogen-bond donors (Lipinski definition) is 1. The largest absolute Gasteiger partial charge is 0.494 e. The molecule has 1 atom stereocenters. The number of nitrogens with one attached hydrogen (secondary N) is 1. The van der Waals surface area contributed by atoms with Gasteiger partial charge in [-0.05, 0) is 49.2 Å². The lowest BCUT2D eigenvalue weighted by Crippen LogP contribution is -2.52. The van der Waals surface area contributed by atoms with Gasteiger partial charge in [0.15, 0.2) is 0 Å². The van der Waals surface area contributed by atoms with Crippen molar-refractivity contribution in [2.45, 2.75) is 32.9 Å². The molecule has 3 aromatic carbocycles. The molecule has 38 heavy (non-hydrogen) atoms. The van der Waals surface area contributed by atoms with Crippen molar-refractivity contribution in [3.05, 3.63) is 95.6 Å². The fourth-order valence-corrected chi connectivity index (χ4v) is 5.07. The van der Waals surface area contributed by atoms with Gasteiger partial charge in [0.25, 0.3) is 0 Å². The number of rotatable bonds is 12. The molecule has 0 saturated heterocycles. The van der Waals surface area contributed by atoms with Crippen molar-refractivity contribution in [1.82, 2.24) is 10.2 Å². The van der Waals surface area contributed by atoms with Gasteiger partial charge in [-0.1, -0.05) is 60.2 Å². The average Bonchev–Trinajstić information content (AvgIpc) is 2.89. The molecule has 0 aromatic heterocycles. The Morgan fingerprint density at radius 3 is 2.18 bits per heavy atom. The zero-order valence-corrected chi connectivity index (χ0v) is 23.1. The second-order valence-corrected chi connectivity index (χ2v) is 10.9. The van der Waals surface area contributed by atoms with Gasteiger partial charge in [0, 0.05) is 20.0 Å². The summed E-state index contributed by atoms with van der Waals surface area (Å²) < 4.78 is 32.1. The first-order valence-corrected chi connectivity index (χ1v) is 14.3. The number of aryl methyl sites for hydroxylation is 1. The molecule has 9 heteroatoms. The molecule has 0 aliphatic heterocycles. The van der Waals surface area contributed by atoms with E-state index in [1.807, 2.05) is 68.4 Å². The maximum atomic E-state index is 13.9. The molecule has 0 aliphatic carbocycles. The van der Waals surface area contributed by atoms with Crippen LogP contribution in [0.4, 0.5) is 5.69 Å². The maximum absolute atomic E-state index is 13.9. The molecule has 0 bridgehead atoms. The molecule has 202 valence electrons. The monoisotopic (exact) mass is 537 g/mol. The van der Waals surface area contributed by atoms with Gasteiger partial charge < -0.3 is 15.0 Å². The van der Waals surface area contributed by atoms with Gasteiger partial charge in [-0.3, -0.25) is 13.9 Å². The topological polar surface area (TPSA) is 96.0 Å². The number of anilines is 1. The van der Waals surface area contributed by atoms with Gasteiger partial charge >= 0.3 is 0 Å². The first kappa shape index (κ1) is 28.7. The molecule has 3 rings (SSSR count). The minimum Gasteiger partial charge on any atom is -0.494 e. The predicted octanol–water partition coefficient (Wildman–Crippen LogP) is 3.55. The fourth-order valence-electron chi connectivity index (χ4n) is 4.22. The predicted molar refractivity (Wildman–Crippen MR) is 150 cm³/mol. The second kappa shape index (κ2) is 13.1. The van der Waals surface area contributed by atoms with Crippen molar-refractivity contribution in [1.29, 1.82) is 0 Å². The summed E-state index contributed by atoms with van der Waals surface area (Å²) in [5.41, 5.74) is 3.07. The molecule has 0 fully saturated rings. The van der Waals surface area contributed by atoms with Crippen molar-refractivity contribution in [3.8, 4) is 5.75 Å². The zero-order valence-electron chi connectivity index (χ0n) is 22.3. The lowest BCUT2D eigenvalue weighted by atomic mass is 10.0. The zero-order chi connectivity index (χ0) is 27.7. The van der Waals surface area contributed by atoms with Crippen LogP contribution in [0.3, 0.4) is 0 Å². The van der Waals surface area contributed by atoms with E-state index in [1.165, 1.54) is 11.9 Å². The Morgan fingerprint density at radius 1 is 0.947 bits per heavy atom. The number of sulfonamides is 1. The highest BCUT2D eigenvalue weighted by atomic mass is 32.2. The van der Waals surface area contributed by atoms with Crippen LogP contribution in [0, 0.1) is 6.92 Å². The molecule has 8 nitrogen and oxygen atoms in total. The maximum Gasteiger partial charge on any atom is 0.244 e. The SMILES string of the molecule is CCOc1ccc(N(CC(=O)N(Cc2cccc(C)c2)[C@@H](Cc2ccccc2)C(=O)NC)S(C)(=O)=O)cc1. The molecule has 0 spiro atoms. The van der Waals surface area contributed by atoms with Crippen LogP contribution in [-0.4, -0.2) is 57.6 Å². The summed E-state index contributed by atoms with van der Waals surface area (Å²) in [6.07, 6.45) is 1.34. The van der Waals surface area contributed by atoms with Crippen LogP contribution in [0.1, 0.15) is 23.6 Å². The summed E-state index contributed by atoms with van der Waals surface area (Å²) in [6.45, 7) is 3.97. The van der Waals surface area contributed by atoms with Crippen molar-refractivity contribution < 1.29 is 22.7 Å². The molecular weight excluding hydrogens is 502 g/mol. The molecule has 1 N–H and O–H groups in total. The van der Waals surface area contributed by atoms with Gasteiger partial charge in [-0.15, -0.1) is 0 Å². The average molecular weight is 538 g/mol. The molecule has 2 amide bonds. The third-order valence-corrected chi connectivity index (χ3v) is 7.21. The van der Waals surface area contributed by atoms with E-state index in [-0.39, 0.29) is 18.9 Å². The van der Waals surface area contributed by atoms with Crippen LogP contribution in [-0.2, 0) is 32.6 Å². The van der Waals surface area contributed by atoms with E-state index in [2.05, 4.69) is 5.32 Å². The Labute approximate surface area is 225 Å². The van der Waals surface area contributed by atoms with E-state index in [9.17, 15) is 18.0 Å². The second-order valence-electron chi connectivity index (χ2n) is 9.03. The Kier molecular flexibility index (Phi) is 9.90. The van der Waals surface area contributed by atoms with Gasteiger partial charge in [-0.25, -0.2) is 8.42 Å². The lowest BCUT2D eigenvalue weighted by Gasteiger charge is -2.33. The van der Waals surface area contributed by atoms with Crippen LogP contribution in [0.25, 0.3) is 0 Å². The summed E-state index contributed by atoms with van der Waals surface area (Å²) in [6, 6.07) is 22.8. The number of carbonyl (C=O) groups excluding carboxylic acids is 2. The van der Waals surface area contributed by atoms with E-state index < -0.39 is 28.5 Å². The summed E-state index contributed by atoms with van der Waals surface area (Å²) in [4.78, 5) is 28.5. The highest BCUT2D eigenvalue weighted by Gasteiger charge is 2.32. The highest BCUT2D eigenvalue weighted by Crippen LogP contribution is 2.23. The number of ether oxygens (including phenoxy) is 1. The molecule has 0 saturated carbocycles. The van der Waals surface area contributed by atoms with Crippen molar-refractivity contribution >= 4 is 27.5 Å². The molecule has 0 aliphatic rings. The number of benzene rings is 3. The van der Waals surface area contributed by atoms with Crippen LogP contribution >= 0.6 is 0 Å². The van der Waals surface area contributed by atoms with Gasteiger partial charge in [0.05, 0.1) is 18.6 Å². The quantitative estimate of drug-likeness (QED) is 0.381. The van der Waals surface area contributed by atoms with Crippen LogP contribution in [0.5, 0.6) is 5.75 Å². The van der Waals surface area contributed by atoms with Crippen LogP contribution < -0.4 is 14.4 Å². The fraction of sp³-hybridized carbons (Fsp3) is 0.310. The number of carbonyl (C=O) groups is 2. The van der Waals surface area contributed by atoms with Crippen LogP contribution in [0.15, 0.2) is 78.9 Å². The van der Waals surface area contributed by atoms with Crippen molar-refractivity contribution in [2.75, 3.05) is 30.8 Å². The molecule has 3 aromatic rings. The Bertz CT molecular complexity index is 1330. The number of amides is 2. The molecule has 0 radical (unpaired) electrons. The molecule has 0 heterocycles. The van der Waals surface area contributed by atoms with E-state index in [0.29, 0.717) is 18.0 Å². The highest BCUT2D eigenvalue weighted by molar-refractivity contribution is 7.92. The van der Waals surface area contributed by atoms with Gasteiger partial charge in [0.2, 0.25) is 21.8 Å². The number of nitrogens with zero attached hydrogens (tertiary/aromatic N) is 2. The van der Waals surface area contributed by atoms with E-state index >= 15 is 0 Å². The first-order valence-electron chi connectivity index (χ1n) is 12.4. The normalized spacial score (nSPS) is 11.9. The summed E-state index contributed by atoms with van der Waals surface area (Å²) in [5, 5.41) is 2.67. The number of likely N-dealkylation sites (N-methyl/N-ethyl adjacent to an activating group) is 1. The minimum absolute atomic E-state index is 0.145. The minimum atomic E-state index is -3.82. The Balaban J connectivity index is 2.00. The van der Waals surface area contributed by atoms with Gasteiger partial charge in [-0.2, -0.15) is 0 Å². The van der Waals surface area contributed by atoms with Crippen LogP contribution in [0.2, 0.25) is 0 Å². The van der Waals surface area contributed by atoms with E-state index in [0.717, 1.165) is 27.3 Å². The van der Waals surface area contributed by atoms with E-state index in [4.69, 9.17) is 4.74 Å². The lowest BCUT2D eigenvalue weighted by molar-refractivity contribution is -0.139. The van der Waals surface area contributed by atoms with E-state index in [1.54, 1.807) is 24.3 Å². The summed E-state index contributed by atoms with van der Waals surface area (Å²) in [5.74, 6) is -0.225. The number of hydrogen-bond acceptors (Lipinski definition) is 5. The van der Waals surface area contributed by atoms with Crippen molar-refractivity contribution in [3.63, 3.8) is 0 Å². The summed E-state index contributed by atoms with van der Waals surface area (Å²) >= 11 is 0. The third-order valence-electron chi connectivity index (χ3n) is 6.07.